The summed E-state index contributed by atoms with van der Waals surface area (Å²) in [5.41, 5.74) is 2.90. The van der Waals surface area contributed by atoms with Gasteiger partial charge in [0.05, 0.1) is 23.1 Å². The molecular formula is C13H15N3O2. The van der Waals surface area contributed by atoms with E-state index in [0.29, 0.717) is 5.69 Å². The normalized spacial score (nSPS) is 10.6. The van der Waals surface area contributed by atoms with Crippen LogP contribution in [0.15, 0.2) is 24.5 Å². The van der Waals surface area contributed by atoms with Gasteiger partial charge in [-0.2, -0.15) is 5.10 Å². The standard InChI is InChI=1S/C13H15N3O2/c1-3-10-6-11(4-2)16(15-10)12-5-9(13(17)18)7-14-8-12/h5-8H,3-4H2,1-2H3,(H,17,18). The number of pyridine rings is 1. The molecule has 2 aromatic heterocycles. The summed E-state index contributed by atoms with van der Waals surface area (Å²) in [4.78, 5) is 14.9. The number of carboxylic acid groups (broad SMARTS) is 1. The van der Waals surface area contributed by atoms with Crippen molar-refractivity contribution in [1.29, 1.82) is 0 Å². The largest absolute Gasteiger partial charge is 0.478 e. The van der Waals surface area contributed by atoms with Crippen LogP contribution in [-0.4, -0.2) is 25.8 Å². The Morgan fingerprint density at radius 1 is 1.28 bits per heavy atom. The van der Waals surface area contributed by atoms with Crippen LogP contribution < -0.4 is 0 Å². The van der Waals surface area contributed by atoms with Crippen molar-refractivity contribution < 1.29 is 9.90 Å². The van der Waals surface area contributed by atoms with Crippen LogP contribution >= 0.6 is 0 Å². The first kappa shape index (κ1) is 12.3. The lowest BCUT2D eigenvalue weighted by atomic mass is 10.2. The molecule has 5 heteroatoms. The zero-order chi connectivity index (χ0) is 13.1. The molecule has 0 spiro atoms. The second kappa shape index (κ2) is 5.00. The average molecular weight is 245 g/mol. The van der Waals surface area contributed by atoms with Crippen molar-refractivity contribution in [2.45, 2.75) is 26.7 Å². The maximum atomic E-state index is 10.9. The summed E-state index contributed by atoms with van der Waals surface area (Å²) in [6.45, 7) is 4.08. The number of aryl methyl sites for hydroxylation is 2. The highest BCUT2D eigenvalue weighted by molar-refractivity contribution is 5.87. The Morgan fingerprint density at radius 2 is 2.06 bits per heavy atom. The first-order valence-corrected chi connectivity index (χ1v) is 5.92. The second-order valence-electron chi connectivity index (χ2n) is 3.98. The molecule has 0 atom stereocenters. The Kier molecular flexibility index (Phi) is 3.41. The molecule has 0 radical (unpaired) electrons. The van der Waals surface area contributed by atoms with Crippen LogP contribution in [0.1, 0.15) is 35.6 Å². The lowest BCUT2D eigenvalue weighted by Gasteiger charge is -2.05. The smallest absolute Gasteiger partial charge is 0.337 e. The van der Waals surface area contributed by atoms with Crippen LogP contribution in [0.2, 0.25) is 0 Å². The molecule has 18 heavy (non-hydrogen) atoms. The highest BCUT2D eigenvalue weighted by atomic mass is 16.4. The molecule has 2 aromatic rings. The Morgan fingerprint density at radius 3 is 2.67 bits per heavy atom. The van der Waals surface area contributed by atoms with E-state index in [1.54, 1.807) is 16.9 Å². The number of carbonyl (C=O) groups is 1. The topological polar surface area (TPSA) is 68.0 Å². The van der Waals surface area contributed by atoms with Crippen LogP contribution in [0, 0.1) is 0 Å². The number of aromatic carboxylic acids is 1. The van der Waals surface area contributed by atoms with E-state index in [9.17, 15) is 4.79 Å². The lowest BCUT2D eigenvalue weighted by Crippen LogP contribution is -2.05. The predicted octanol–water partition coefficient (Wildman–Crippen LogP) is 2.09. The van der Waals surface area contributed by atoms with E-state index in [2.05, 4.69) is 10.1 Å². The van der Waals surface area contributed by atoms with Crippen molar-refractivity contribution in [1.82, 2.24) is 14.8 Å². The number of aromatic nitrogens is 3. The average Bonchev–Trinajstić information content (AvgIpc) is 2.82. The van der Waals surface area contributed by atoms with Gasteiger partial charge in [-0.3, -0.25) is 4.98 Å². The zero-order valence-corrected chi connectivity index (χ0v) is 10.4. The van der Waals surface area contributed by atoms with E-state index in [1.165, 1.54) is 6.20 Å². The van der Waals surface area contributed by atoms with E-state index in [0.717, 1.165) is 24.2 Å². The monoisotopic (exact) mass is 245 g/mol. The van der Waals surface area contributed by atoms with Gasteiger partial charge in [0.15, 0.2) is 0 Å². The summed E-state index contributed by atoms with van der Waals surface area (Å²) in [6, 6.07) is 3.62. The summed E-state index contributed by atoms with van der Waals surface area (Å²) >= 11 is 0. The summed E-state index contributed by atoms with van der Waals surface area (Å²) in [7, 11) is 0. The van der Waals surface area contributed by atoms with E-state index in [4.69, 9.17) is 5.11 Å². The van der Waals surface area contributed by atoms with Gasteiger partial charge >= 0.3 is 5.97 Å². The summed E-state index contributed by atoms with van der Waals surface area (Å²) < 4.78 is 1.76. The van der Waals surface area contributed by atoms with Gasteiger partial charge in [0.2, 0.25) is 0 Å². The van der Waals surface area contributed by atoms with Crippen LogP contribution in [-0.2, 0) is 12.8 Å². The fraction of sp³-hybridized carbons (Fsp3) is 0.308. The highest BCUT2D eigenvalue weighted by Crippen LogP contribution is 2.14. The van der Waals surface area contributed by atoms with Crippen molar-refractivity contribution >= 4 is 5.97 Å². The van der Waals surface area contributed by atoms with Gasteiger partial charge in [-0.25, -0.2) is 9.48 Å². The van der Waals surface area contributed by atoms with Gasteiger partial charge in [-0.05, 0) is 25.0 Å². The SMILES string of the molecule is CCc1cc(CC)n(-c2cncc(C(=O)O)c2)n1. The van der Waals surface area contributed by atoms with Gasteiger partial charge < -0.3 is 5.11 Å². The van der Waals surface area contributed by atoms with Crippen LogP contribution in [0.3, 0.4) is 0 Å². The molecule has 0 aliphatic carbocycles. The van der Waals surface area contributed by atoms with Crippen molar-refractivity contribution in [2.75, 3.05) is 0 Å². The van der Waals surface area contributed by atoms with Crippen molar-refractivity contribution in [2.24, 2.45) is 0 Å². The van der Waals surface area contributed by atoms with Crippen LogP contribution in [0.4, 0.5) is 0 Å². The Hall–Kier alpha value is -2.17. The molecule has 5 nitrogen and oxygen atoms in total. The molecule has 0 aromatic carbocycles. The third-order valence-electron chi connectivity index (χ3n) is 2.77. The number of carboxylic acids is 1. The van der Waals surface area contributed by atoms with Gasteiger partial charge in [-0.15, -0.1) is 0 Å². The van der Waals surface area contributed by atoms with E-state index < -0.39 is 5.97 Å². The first-order chi connectivity index (χ1) is 8.65. The Bertz CT molecular complexity index is 575. The predicted molar refractivity (Wildman–Crippen MR) is 67.1 cm³/mol. The van der Waals surface area contributed by atoms with Crippen LogP contribution in [0.25, 0.3) is 5.69 Å². The number of hydrogen-bond acceptors (Lipinski definition) is 3. The third kappa shape index (κ3) is 2.25. The highest BCUT2D eigenvalue weighted by Gasteiger charge is 2.10. The molecule has 2 rings (SSSR count). The van der Waals surface area contributed by atoms with Crippen molar-refractivity contribution in [3.8, 4) is 5.69 Å². The molecule has 0 aliphatic rings. The number of rotatable bonds is 4. The van der Waals surface area contributed by atoms with Gasteiger partial charge in [0.1, 0.15) is 0 Å². The van der Waals surface area contributed by atoms with Crippen LogP contribution in [0.5, 0.6) is 0 Å². The Balaban J connectivity index is 2.50. The fourth-order valence-corrected chi connectivity index (χ4v) is 1.78. The van der Waals surface area contributed by atoms with Gasteiger partial charge in [0, 0.05) is 11.9 Å². The number of hydrogen-bond donors (Lipinski definition) is 1. The molecule has 0 fully saturated rings. The van der Waals surface area contributed by atoms with E-state index in [-0.39, 0.29) is 5.56 Å². The Labute approximate surface area is 105 Å². The molecule has 1 N–H and O–H groups in total. The lowest BCUT2D eigenvalue weighted by molar-refractivity contribution is 0.0696. The zero-order valence-electron chi connectivity index (χ0n) is 10.4. The minimum absolute atomic E-state index is 0.170. The molecule has 0 aliphatic heterocycles. The van der Waals surface area contributed by atoms with Gasteiger partial charge in [-0.1, -0.05) is 13.8 Å². The second-order valence-corrected chi connectivity index (χ2v) is 3.98. The fourth-order valence-electron chi connectivity index (χ4n) is 1.78. The minimum Gasteiger partial charge on any atom is -0.478 e. The summed E-state index contributed by atoms with van der Waals surface area (Å²) in [5.74, 6) is -0.981. The molecule has 2 heterocycles. The summed E-state index contributed by atoms with van der Waals surface area (Å²) in [5, 5.41) is 13.4. The van der Waals surface area contributed by atoms with Crippen molar-refractivity contribution in [3.63, 3.8) is 0 Å². The minimum atomic E-state index is -0.981. The molecule has 0 unspecified atom stereocenters. The summed E-state index contributed by atoms with van der Waals surface area (Å²) in [6.07, 6.45) is 4.65. The third-order valence-corrected chi connectivity index (χ3v) is 2.77. The van der Waals surface area contributed by atoms with E-state index in [1.807, 2.05) is 19.9 Å². The maximum Gasteiger partial charge on any atom is 0.337 e. The molecule has 0 saturated carbocycles. The molecule has 0 bridgehead atoms. The quantitative estimate of drug-likeness (QED) is 0.895. The maximum absolute atomic E-state index is 10.9. The molecular weight excluding hydrogens is 230 g/mol. The van der Waals surface area contributed by atoms with E-state index >= 15 is 0 Å². The first-order valence-electron chi connectivity index (χ1n) is 5.92. The molecule has 0 amide bonds. The molecule has 0 saturated heterocycles. The molecule has 94 valence electrons. The van der Waals surface area contributed by atoms with Gasteiger partial charge in [0.25, 0.3) is 0 Å². The number of nitrogens with zero attached hydrogens (tertiary/aromatic N) is 3. The van der Waals surface area contributed by atoms with Crippen molar-refractivity contribution in [3.05, 3.63) is 41.5 Å².